The molecule has 0 spiro atoms. The van der Waals surface area contributed by atoms with Crippen molar-refractivity contribution in [2.45, 2.75) is 45.2 Å². The summed E-state index contributed by atoms with van der Waals surface area (Å²) in [5.41, 5.74) is 21.6. The second-order valence-electron chi connectivity index (χ2n) is 5.61. The molecule has 0 fully saturated rings. The molecule has 0 aliphatic carbocycles. The maximum Gasteiger partial charge on any atom is 0.521 e. The van der Waals surface area contributed by atoms with Gasteiger partial charge in [-0.05, 0) is 30.2 Å². The zero-order valence-corrected chi connectivity index (χ0v) is 19.2. The van der Waals surface area contributed by atoms with Crippen LogP contribution < -0.4 is 43.5 Å². The first kappa shape index (κ1) is 39.7. The summed E-state index contributed by atoms with van der Waals surface area (Å²) in [4.78, 5) is 60.4. The Kier molecular flexibility index (Phi) is 26.4. The van der Waals surface area contributed by atoms with E-state index < -0.39 is 52.2 Å². The molecule has 210 valence electrons. The minimum atomic E-state index is -4.81. The predicted octanol–water partition coefficient (Wildman–Crippen LogP) is -2.51. The van der Waals surface area contributed by atoms with E-state index in [0.717, 1.165) is 0 Å². The van der Waals surface area contributed by atoms with Crippen molar-refractivity contribution in [3.63, 3.8) is 0 Å². The molecule has 20 nitrogen and oxygen atoms in total. The van der Waals surface area contributed by atoms with Gasteiger partial charge in [0.1, 0.15) is 12.1 Å². The summed E-state index contributed by atoms with van der Waals surface area (Å²) in [5, 5.41) is 26.2. The second-order valence-corrected chi connectivity index (χ2v) is 7.48. The Hall–Kier alpha value is -2.51. The van der Waals surface area contributed by atoms with E-state index in [1.54, 1.807) is 0 Å². The van der Waals surface area contributed by atoms with Crippen LogP contribution in [0.4, 0.5) is 9.59 Å². The van der Waals surface area contributed by atoms with Crippen molar-refractivity contribution >= 4 is 40.1 Å². The average molecular weight is 559 g/mol. The summed E-state index contributed by atoms with van der Waals surface area (Å²) >= 11 is 0. The number of carbonyl (C=O) groups excluding carboxylic acids is 2. The molecule has 13 N–H and O–H groups in total. The van der Waals surface area contributed by atoms with E-state index in [4.69, 9.17) is 42.1 Å². The summed E-state index contributed by atoms with van der Waals surface area (Å²) in [6.07, 6.45) is -0.292. The summed E-state index contributed by atoms with van der Waals surface area (Å²) in [5.74, 6) is -2.19. The van der Waals surface area contributed by atoms with Crippen LogP contribution in [0.5, 0.6) is 0 Å². The fourth-order valence-electron chi connectivity index (χ4n) is 1.43. The van der Waals surface area contributed by atoms with Gasteiger partial charge in [0.15, 0.2) is 0 Å². The predicted molar refractivity (Wildman–Crippen MR) is 115 cm³/mol. The van der Waals surface area contributed by atoms with Gasteiger partial charge in [-0.25, -0.2) is 19.5 Å². The van der Waals surface area contributed by atoms with Crippen LogP contribution in [0.15, 0.2) is 0 Å². The van der Waals surface area contributed by atoms with E-state index >= 15 is 0 Å². The Morgan fingerprint density at radius 2 is 1.43 bits per heavy atom. The van der Waals surface area contributed by atoms with Crippen molar-refractivity contribution in [1.82, 2.24) is 10.8 Å². The normalized spacial score (nSPS) is 13.5. The number of carbonyl (C=O) groups is 4. The van der Waals surface area contributed by atoms with Gasteiger partial charge >= 0.3 is 40.1 Å². The van der Waals surface area contributed by atoms with Crippen LogP contribution in [0, 0.1) is 0 Å². The molecule has 0 radical (unpaired) electrons. The van der Waals surface area contributed by atoms with Gasteiger partial charge in [-0.1, -0.05) is 7.43 Å². The zero-order chi connectivity index (χ0) is 27.3. The minimum Gasteiger partial charge on any atom is -0.745 e. The van der Waals surface area contributed by atoms with E-state index in [-0.39, 0.29) is 28.2 Å². The molecule has 35 heavy (non-hydrogen) atoms. The van der Waals surface area contributed by atoms with E-state index in [0.29, 0.717) is 19.4 Å². The highest BCUT2D eigenvalue weighted by molar-refractivity contribution is 7.46. The number of hydrogen-bond donors (Lipinski definition) is 9. The molecule has 0 aliphatic rings. The number of rotatable bonds is 14. The lowest BCUT2D eigenvalue weighted by Crippen LogP contribution is -2.33. The smallest absolute Gasteiger partial charge is 0.521 e. The number of nitrogens with one attached hydrogen (secondary N) is 2. The van der Waals surface area contributed by atoms with Crippen LogP contribution in [-0.4, -0.2) is 64.7 Å². The number of carboxylic acids is 2. The van der Waals surface area contributed by atoms with Crippen LogP contribution in [0.2, 0.25) is 0 Å². The number of amides is 3. The van der Waals surface area contributed by atoms with Crippen molar-refractivity contribution in [2.75, 3.05) is 13.1 Å². The molecular formula is C13H33N6O14P2-. The zero-order valence-electron chi connectivity index (χ0n) is 17.4. The van der Waals surface area contributed by atoms with Gasteiger partial charge in [-0.3, -0.25) is 14.2 Å². The molecule has 0 aromatic carbocycles. The Balaban J connectivity index is -0.000000148. The number of phosphoric ester groups is 1. The molecule has 0 aliphatic heterocycles. The van der Waals surface area contributed by atoms with Crippen molar-refractivity contribution in [3.05, 3.63) is 0 Å². The Morgan fingerprint density at radius 1 is 1.03 bits per heavy atom. The highest BCUT2D eigenvalue weighted by Gasteiger charge is 2.14. The molecule has 0 aromatic rings. The largest absolute Gasteiger partial charge is 0.745 e. The number of primary amides is 2. The third kappa shape index (κ3) is 33.7. The number of aliphatic carboxylic acids is 2. The van der Waals surface area contributed by atoms with Crippen LogP contribution in [-0.2, 0) is 32.5 Å². The molecule has 4 unspecified atom stereocenters. The first-order valence-electron chi connectivity index (χ1n) is 8.73. The van der Waals surface area contributed by atoms with E-state index in [1.165, 1.54) is 0 Å². The fraction of sp³-hybridized carbons (Fsp3) is 0.692. The summed E-state index contributed by atoms with van der Waals surface area (Å²) in [7, 11) is -7.86. The molecule has 3 amide bonds. The van der Waals surface area contributed by atoms with Gasteiger partial charge in [0.25, 0.3) is 0 Å². The Morgan fingerprint density at radius 3 is 1.74 bits per heavy atom. The van der Waals surface area contributed by atoms with E-state index in [9.17, 15) is 28.6 Å². The first-order chi connectivity index (χ1) is 15.6. The van der Waals surface area contributed by atoms with Crippen molar-refractivity contribution in [1.29, 1.82) is 0 Å². The maximum absolute atomic E-state index is 10.7. The molecule has 0 heterocycles. The SMILES string of the molecule is C.NC(=O)NCCCC(N)C(=O)O.NC(=O)OP(=O)([O-])ONCCCC(N)C(=O)O.O=[P+]([O-])OO.[HH]. The molecule has 0 aromatic heterocycles. The molecule has 22 heteroatoms. The van der Waals surface area contributed by atoms with E-state index in [2.05, 4.69) is 24.9 Å². The number of hydrogen-bond acceptors (Lipinski definition) is 15. The number of urea groups is 1. The van der Waals surface area contributed by atoms with Gasteiger partial charge in [0.2, 0.25) is 0 Å². The first-order valence-corrected chi connectivity index (χ1v) is 11.3. The van der Waals surface area contributed by atoms with Crippen LogP contribution in [0.25, 0.3) is 0 Å². The average Bonchev–Trinajstić information content (AvgIpc) is 2.70. The minimum absolute atomic E-state index is 0. The van der Waals surface area contributed by atoms with Crippen molar-refractivity contribution in [2.24, 2.45) is 22.9 Å². The van der Waals surface area contributed by atoms with Gasteiger partial charge in [-0.2, -0.15) is 5.48 Å². The standard InChI is InChI=1S/C6H14N3O7P.C6H13N3O3.CH4.HO4P.H2/c7-4(5(10)11)2-1-3-9-16-17(13,14)15-6(8)12;7-4(5(10)11)2-1-3-9-6(8)12;;1-4-5(2)3;/h4,9H,1-3,7H2,(H2,8,12)(H,10,11)(H,13,14);4H,1-3,7H2,(H,10,11)(H3,8,9,12);1H4;1H;1H/p-1. The third-order valence-corrected chi connectivity index (χ3v) is 3.75. The van der Waals surface area contributed by atoms with Gasteiger partial charge in [0, 0.05) is 19.2 Å². The number of nitrogens with two attached hydrogens (primary N) is 4. The summed E-state index contributed by atoms with van der Waals surface area (Å²) in [6, 6.07) is -2.50. The Labute approximate surface area is 201 Å². The van der Waals surface area contributed by atoms with Crippen LogP contribution in [0.3, 0.4) is 0 Å². The quantitative estimate of drug-likeness (QED) is 0.0458. The van der Waals surface area contributed by atoms with Crippen LogP contribution in [0.1, 0.15) is 34.5 Å². The second kappa shape index (κ2) is 23.2. The maximum atomic E-state index is 10.7. The Bertz CT molecular complexity index is 706. The van der Waals surface area contributed by atoms with E-state index in [1.807, 2.05) is 5.48 Å². The number of phosphoric acid groups is 1. The van der Waals surface area contributed by atoms with Crippen LogP contribution >= 0.6 is 16.1 Å². The molecular weight excluding hydrogens is 526 g/mol. The van der Waals surface area contributed by atoms with Gasteiger partial charge in [-0.15, -0.1) is 0 Å². The monoisotopic (exact) mass is 559 g/mol. The number of carboxylic acid groups (broad SMARTS) is 2. The summed E-state index contributed by atoms with van der Waals surface area (Å²) in [6.45, 7) is 0.367. The lowest BCUT2D eigenvalue weighted by atomic mass is 10.2. The number of hydroxylamine groups is 1. The molecule has 0 saturated carbocycles. The topological polar surface area (TPSA) is 365 Å². The molecule has 0 bridgehead atoms. The molecule has 0 rings (SSSR count). The van der Waals surface area contributed by atoms with Gasteiger partial charge in [0.05, 0.1) is 0 Å². The van der Waals surface area contributed by atoms with Crippen molar-refractivity contribution < 1.29 is 68.8 Å². The molecule has 0 saturated heterocycles. The fourth-order valence-corrected chi connectivity index (χ4v) is 1.94. The highest BCUT2D eigenvalue weighted by Crippen LogP contribution is 2.36. The lowest BCUT2D eigenvalue weighted by molar-refractivity contribution is -0.244. The summed E-state index contributed by atoms with van der Waals surface area (Å²) < 4.78 is 30.0. The highest BCUT2D eigenvalue weighted by atomic mass is 31.2. The van der Waals surface area contributed by atoms with Gasteiger partial charge < -0.3 is 52.8 Å². The lowest BCUT2D eigenvalue weighted by Gasteiger charge is -2.20. The molecule has 4 atom stereocenters. The van der Waals surface area contributed by atoms with Crippen molar-refractivity contribution in [3.8, 4) is 0 Å². The third-order valence-electron chi connectivity index (χ3n) is 2.86.